The predicted octanol–water partition coefficient (Wildman–Crippen LogP) is 3.07. The molecule has 0 aliphatic carbocycles. The van der Waals surface area contributed by atoms with Crippen LogP contribution in [0.5, 0.6) is 0 Å². The first-order valence-electron chi connectivity index (χ1n) is 6.29. The molecular formula is C16H18N2O. The molecule has 3 heteroatoms. The number of nitrogens with two attached hydrogens (primary N) is 1. The average Bonchev–Trinajstić information content (AvgIpc) is 2.38. The number of hydrogen-bond donors (Lipinski definition) is 2. The zero-order chi connectivity index (χ0) is 13.8. The highest BCUT2D eigenvalue weighted by Crippen LogP contribution is 2.15. The summed E-state index contributed by atoms with van der Waals surface area (Å²) in [5.74, 6) is -0.110. The summed E-state index contributed by atoms with van der Waals surface area (Å²) in [4.78, 5) is 12.1. The van der Waals surface area contributed by atoms with E-state index in [0.717, 1.165) is 5.56 Å². The number of rotatable bonds is 3. The molecule has 0 radical (unpaired) electrons. The van der Waals surface area contributed by atoms with Crippen LogP contribution in [-0.4, -0.2) is 5.91 Å². The molecule has 3 nitrogen and oxygen atoms in total. The van der Waals surface area contributed by atoms with Crippen LogP contribution in [-0.2, 0) is 0 Å². The number of nitrogens with one attached hydrogen (secondary N) is 1. The number of anilines is 1. The lowest BCUT2D eigenvalue weighted by Crippen LogP contribution is -2.26. The first-order chi connectivity index (χ1) is 9.06. The van der Waals surface area contributed by atoms with Crippen molar-refractivity contribution in [2.45, 2.75) is 19.9 Å². The Hall–Kier alpha value is -2.29. The van der Waals surface area contributed by atoms with E-state index in [2.05, 4.69) is 11.4 Å². The molecule has 2 aromatic carbocycles. The van der Waals surface area contributed by atoms with E-state index in [9.17, 15) is 4.79 Å². The summed E-state index contributed by atoms with van der Waals surface area (Å²) >= 11 is 0. The van der Waals surface area contributed by atoms with Crippen molar-refractivity contribution in [2.24, 2.45) is 0 Å². The predicted molar refractivity (Wildman–Crippen MR) is 77.9 cm³/mol. The van der Waals surface area contributed by atoms with Gasteiger partial charge >= 0.3 is 0 Å². The van der Waals surface area contributed by atoms with Crippen LogP contribution in [0.4, 0.5) is 5.69 Å². The highest BCUT2D eigenvalue weighted by atomic mass is 16.1. The molecule has 2 aromatic rings. The van der Waals surface area contributed by atoms with Crippen LogP contribution in [0, 0.1) is 6.92 Å². The van der Waals surface area contributed by atoms with E-state index in [0.29, 0.717) is 11.3 Å². The lowest BCUT2D eigenvalue weighted by atomic mass is 10.1. The second-order valence-electron chi connectivity index (χ2n) is 4.73. The van der Waals surface area contributed by atoms with Crippen molar-refractivity contribution in [3.05, 3.63) is 65.2 Å². The van der Waals surface area contributed by atoms with Crippen molar-refractivity contribution >= 4 is 11.6 Å². The number of benzene rings is 2. The largest absolute Gasteiger partial charge is 0.399 e. The zero-order valence-electron chi connectivity index (χ0n) is 11.2. The second kappa shape index (κ2) is 5.57. The standard InChI is InChI=1S/C16H18N2O/c1-11-5-3-6-13(9-11)12(2)18-16(19)14-7-4-8-15(17)10-14/h3-10,12H,17H2,1-2H3,(H,18,19)/t12-/m1/s1. The summed E-state index contributed by atoms with van der Waals surface area (Å²) in [5.41, 5.74) is 9.13. The van der Waals surface area contributed by atoms with E-state index in [1.54, 1.807) is 24.3 Å². The van der Waals surface area contributed by atoms with Crippen molar-refractivity contribution in [1.82, 2.24) is 5.32 Å². The number of nitrogen functional groups attached to an aromatic ring is 1. The quantitative estimate of drug-likeness (QED) is 0.827. The van der Waals surface area contributed by atoms with Crippen LogP contribution >= 0.6 is 0 Å². The molecule has 0 aliphatic rings. The zero-order valence-corrected chi connectivity index (χ0v) is 11.2. The van der Waals surface area contributed by atoms with Gasteiger partial charge in [-0.25, -0.2) is 0 Å². The molecule has 2 rings (SSSR count). The molecule has 0 fully saturated rings. The van der Waals surface area contributed by atoms with Gasteiger partial charge in [0.25, 0.3) is 5.91 Å². The van der Waals surface area contributed by atoms with E-state index in [4.69, 9.17) is 5.73 Å². The fourth-order valence-corrected chi connectivity index (χ4v) is 1.98. The number of carbonyl (C=O) groups excluding carboxylic acids is 1. The minimum absolute atomic E-state index is 0.0335. The number of carbonyl (C=O) groups is 1. The summed E-state index contributed by atoms with van der Waals surface area (Å²) in [6.07, 6.45) is 0. The Morgan fingerprint density at radius 2 is 1.89 bits per heavy atom. The average molecular weight is 254 g/mol. The van der Waals surface area contributed by atoms with Gasteiger partial charge in [-0.1, -0.05) is 35.9 Å². The van der Waals surface area contributed by atoms with Crippen LogP contribution in [0.1, 0.15) is 34.5 Å². The molecular weight excluding hydrogens is 236 g/mol. The summed E-state index contributed by atoms with van der Waals surface area (Å²) in [6, 6.07) is 15.1. The second-order valence-corrected chi connectivity index (χ2v) is 4.73. The maximum atomic E-state index is 12.1. The van der Waals surface area contributed by atoms with Gasteiger partial charge in [-0.05, 0) is 37.6 Å². The van der Waals surface area contributed by atoms with E-state index in [1.807, 2.05) is 32.0 Å². The van der Waals surface area contributed by atoms with Crippen molar-refractivity contribution in [1.29, 1.82) is 0 Å². The summed E-state index contributed by atoms with van der Waals surface area (Å²) in [7, 11) is 0. The first kappa shape index (κ1) is 13.1. The normalized spacial score (nSPS) is 11.9. The molecule has 3 N–H and O–H groups in total. The van der Waals surface area contributed by atoms with Gasteiger partial charge in [0.1, 0.15) is 0 Å². The van der Waals surface area contributed by atoms with E-state index >= 15 is 0 Å². The molecule has 0 saturated heterocycles. The molecule has 98 valence electrons. The van der Waals surface area contributed by atoms with Gasteiger partial charge in [0.05, 0.1) is 6.04 Å². The molecule has 0 unspecified atom stereocenters. The molecule has 19 heavy (non-hydrogen) atoms. The van der Waals surface area contributed by atoms with E-state index in [1.165, 1.54) is 5.56 Å². The van der Waals surface area contributed by atoms with Gasteiger partial charge in [0.15, 0.2) is 0 Å². The molecule has 0 heterocycles. The maximum absolute atomic E-state index is 12.1. The molecule has 0 aromatic heterocycles. The molecule has 0 spiro atoms. The SMILES string of the molecule is Cc1cccc([C@@H](C)NC(=O)c2cccc(N)c2)c1. The first-order valence-corrected chi connectivity index (χ1v) is 6.29. The van der Waals surface area contributed by atoms with Crippen molar-refractivity contribution in [3.63, 3.8) is 0 Å². The van der Waals surface area contributed by atoms with Gasteiger partial charge in [0.2, 0.25) is 0 Å². The van der Waals surface area contributed by atoms with E-state index in [-0.39, 0.29) is 11.9 Å². The maximum Gasteiger partial charge on any atom is 0.251 e. The Morgan fingerprint density at radius 3 is 2.58 bits per heavy atom. The Bertz CT molecular complexity index is 593. The fourth-order valence-electron chi connectivity index (χ4n) is 1.98. The van der Waals surface area contributed by atoms with Crippen LogP contribution in [0.25, 0.3) is 0 Å². The lowest BCUT2D eigenvalue weighted by Gasteiger charge is -2.15. The van der Waals surface area contributed by atoms with Gasteiger partial charge in [-0.2, -0.15) is 0 Å². The third-order valence-electron chi connectivity index (χ3n) is 3.04. The van der Waals surface area contributed by atoms with Crippen molar-refractivity contribution in [3.8, 4) is 0 Å². The van der Waals surface area contributed by atoms with Crippen molar-refractivity contribution < 1.29 is 4.79 Å². The summed E-state index contributed by atoms with van der Waals surface area (Å²) in [5, 5.41) is 2.97. The highest BCUT2D eigenvalue weighted by molar-refractivity contribution is 5.95. The minimum atomic E-state index is -0.110. The number of aryl methyl sites for hydroxylation is 1. The van der Waals surface area contributed by atoms with E-state index < -0.39 is 0 Å². The topological polar surface area (TPSA) is 55.1 Å². The Kier molecular flexibility index (Phi) is 3.85. The number of hydrogen-bond acceptors (Lipinski definition) is 2. The van der Waals surface area contributed by atoms with Crippen LogP contribution in [0.15, 0.2) is 48.5 Å². The Labute approximate surface area is 113 Å². The van der Waals surface area contributed by atoms with Gasteiger partial charge in [0, 0.05) is 11.3 Å². The third-order valence-corrected chi connectivity index (χ3v) is 3.04. The molecule has 0 saturated carbocycles. The van der Waals surface area contributed by atoms with Gasteiger partial charge in [-0.15, -0.1) is 0 Å². The van der Waals surface area contributed by atoms with Gasteiger partial charge < -0.3 is 11.1 Å². The van der Waals surface area contributed by atoms with Gasteiger partial charge in [-0.3, -0.25) is 4.79 Å². The highest BCUT2D eigenvalue weighted by Gasteiger charge is 2.11. The molecule has 1 amide bonds. The molecule has 0 aliphatic heterocycles. The smallest absolute Gasteiger partial charge is 0.251 e. The fraction of sp³-hybridized carbons (Fsp3) is 0.188. The Balaban J connectivity index is 2.11. The lowest BCUT2D eigenvalue weighted by molar-refractivity contribution is 0.0940. The Morgan fingerprint density at radius 1 is 1.16 bits per heavy atom. The van der Waals surface area contributed by atoms with Crippen LogP contribution < -0.4 is 11.1 Å². The number of amides is 1. The monoisotopic (exact) mass is 254 g/mol. The molecule has 0 bridgehead atoms. The minimum Gasteiger partial charge on any atom is -0.399 e. The molecule has 1 atom stereocenters. The van der Waals surface area contributed by atoms with Crippen LogP contribution in [0.3, 0.4) is 0 Å². The third kappa shape index (κ3) is 3.35. The summed E-state index contributed by atoms with van der Waals surface area (Å²) < 4.78 is 0. The summed E-state index contributed by atoms with van der Waals surface area (Å²) in [6.45, 7) is 4.01. The van der Waals surface area contributed by atoms with Crippen LogP contribution in [0.2, 0.25) is 0 Å². The van der Waals surface area contributed by atoms with Crippen molar-refractivity contribution in [2.75, 3.05) is 5.73 Å².